The molecule has 0 aliphatic heterocycles. The fraction of sp³-hybridized carbons (Fsp3) is 0.692. The van der Waals surface area contributed by atoms with Crippen molar-refractivity contribution in [3.05, 3.63) is 46.6 Å². The molecule has 6 aliphatic rings. The Hall–Kier alpha value is -0.823. The molecule has 0 radical (unpaired) electrons. The molecule has 0 heterocycles. The molecule has 4 saturated carbocycles. The molecule has 27 heavy (non-hydrogen) atoms. The summed E-state index contributed by atoms with van der Waals surface area (Å²) in [5.41, 5.74) is 9.07. The molecule has 4 fully saturated rings. The molecule has 6 atom stereocenters. The van der Waals surface area contributed by atoms with Crippen LogP contribution in [-0.4, -0.2) is 8.07 Å². The maximum atomic E-state index is 2.81. The first-order valence-electron chi connectivity index (χ1n) is 11.9. The van der Waals surface area contributed by atoms with Gasteiger partial charge in [0.1, 0.15) is 0 Å². The minimum absolute atomic E-state index is 0.891. The smallest absolute Gasteiger partial charge is 0.0548 e. The second kappa shape index (κ2) is 6.09. The van der Waals surface area contributed by atoms with Crippen molar-refractivity contribution in [1.82, 2.24) is 0 Å². The highest BCUT2D eigenvalue weighted by molar-refractivity contribution is 6.80. The summed E-state index contributed by atoms with van der Waals surface area (Å²) in [7, 11) is -1.29. The largest absolute Gasteiger partial charge is 0.0774 e. The molecule has 0 N–H and O–H groups in total. The van der Waals surface area contributed by atoms with Gasteiger partial charge in [-0.15, -0.1) is 0 Å². The molecule has 0 aromatic heterocycles. The summed E-state index contributed by atoms with van der Waals surface area (Å²) < 4.78 is 0. The van der Waals surface area contributed by atoms with Gasteiger partial charge in [-0.2, -0.15) is 0 Å². The molecule has 0 nitrogen and oxygen atoms in total. The van der Waals surface area contributed by atoms with Crippen molar-refractivity contribution in [2.75, 3.05) is 0 Å². The molecule has 6 aliphatic carbocycles. The van der Waals surface area contributed by atoms with Crippen LogP contribution < -0.4 is 0 Å². The molecule has 0 aromatic rings. The summed E-state index contributed by atoms with van der Waals surface area (Å²) in [5, 5.41) is 0. The van der Waals surface area contributed by atoms with E-state index in [-0.39, 0.29) is 0 Å². The topological polar surface area (TPSA) is 0 Å². The Morgan fingerprint density at radius 1 is 0.593 bits per heavy atom. The SMILES string of the molecule is C[Si](C)(C1CCC2C=C3CCCC3=CC21)C1CCC2C=C3CCCC3=CC21. The van der Waals surface area contributed by atoms with Gasteiger partial charge in [0.05, 0.1) is 8.07 Å². The molecule has 0 amide bonds. The summed E-state index contributed by atoms with van der Waals surface area (Å²) >= 11 is 0. The van der Waals surface area contributed by atoms with Gasteiger partial charge < -0.3 is 0 Å². The fourth-order valence-corrected chi connectivity index (χ4v) is 13.4. The number of hydrogen-bond donors (Lipinski definition) is 0. The standard InChI is InChI=1S/C26H36Si/c1-27(2,25-11-9-21-13-17-5-3-7-19(17)15-23(21)25)26-12-10-22-14-18-6-4-8-20(18)16-24(22)26/h13-16,21-26H,3-12H2,1-2H3. The lowest BCUT2D eigenvalue weighted by Crippen LogP contribution is -2.42. The van der Waals surface area contributed by atoms with E-state index in [0.29, 0.717) is 0 Å². The third-order valence-electron chi connectivity index (χ3n) is 9.68. The zero-order valence-electron chi connectivity index (χ0n) is 17.3. The lowest BCUT2D eigenvalue weighted by molar-refractivity contribution is 0.510. The van der Waals surface area contributed by atoms with Crippen molar-refractivity contribution in [1.29, 1.82) is 0 Å². The Labute approximate surface area is 166 Å². The maximum Gasteiger partial charge on any atom is 0.0548 e. The van der Waals surface area contributed by atoms with Crippen LogP contribution in [0.25, 0.3) is 0 Å². The number of allylic oxidation sites excluding steroid dienone is 8. The Morgan fingerprint density at radius 3 is 1.44 bits per heavy atom. The molecule has 0 saturated heterocycles. The van der Waals surface area contributed by atoms with Crippen LogP contribution in [0.4, 0.5) is 0 Å². The van der Waals surface area contributed by atoms with Crippen molar-refractivity contribution in [3.8, 4) is 0 Å². The lowest BCUT2D eigenvalue weighted by Gasteiger charge is -2.43. The van der Waals surface area contributed by atoms with Crippen molar-refractivity contribution >= 4 is 8.07 Å². The average Bonchev–Trinajstić information content (AvgIpc) is 3.41. The molecule has 6 unspecified atom stereocenters. The first-order chi connectivity index (χ1) is 13.1. The number of rotatable bonds is 2. The molecule has 1 heteroatoms. The van der Waals surface area contributed by atoms with Crippen molar-refractivity contribution in [2.45, 2.75) is 88.4 Å². The predicted molar refractivity (Wildman–Crippen MR) is 117 cm³/mol. The Morgan fingerprint density at radius 2 is 1.00 bits per heavy atom. The Balaban J connectivity index is 1.29. The molecule has 0 bridgehead atoms. The molecule has 6 rings (SSSR count). The fourth-order valence-electron chi connectivity index (χ4n) is 8.31. The van der Waals surface area contributed by atoms with Gasteiger partial charge in [0, 0.05) is 0 Å². The van der Waals surface area contributed by atoms with Gasteiger partial charge in [0.2, 0.25) is 0 Å². The zero-order chi connectivity index (χ0) is 18.2. The highest BCUT2D eigenvalue weighted by atomic mass is 28.3. The van der Waals surface area contributed by atoms with E-state index in [1.165, 1.54) is 64.2 Å². The number of fused-ring (bicyclic) bond motifs is 4. The van der Waals surface area contributed by atoms with Gasteiger partial charge in [0.25, 0.3) is 0 Å². The second-order valence-corrected chi connectivity index (χ2v) is 16.3. The Kier molecular flexibility index (Phi) is 3.85. The zero-order valence-corrected chi connectivity index (χ0v) is 18.3. The summed E-state index contributed by atoms with van der Waals surface area (Å²) in [6.45, 7) is 5.59. The van der Waals surface area contributed by atoms with E-state index in [1.54, 1.807) is 22.3 Å². The molecule has 0 aromatic carbocycles. The van der Waals surface area contributed by atoms with Crippen molar-refractivity contribution in [3.63, 3.8) is 0 Å². The van der Waals surface area contributed by atoms with E-state index in [2.05, 4.69) is 37.4 Å². The van der Waals surface area contributed by atoms with Crippen LogP contribution in [0, 0.1) is 23.7 Å². The van der Waals surface area contributed by atoms with Crippen LogP contribution in [0.5, 0.6) is 0 Å². The summed E-state index contributed by atoms with van der Waals surface area (Å²) in [6, 6.07) is 0. The summed E-state index contributed by atoms with van der Waals surface area (Å²) in [4.78, 5) is 0. The minimum atomic E-state index is -1.29. The van der Waals surface area contributed by atoms with Crippen molar-refractivity contribution in [2.24, 2.45) is 23.7 Å². The van der Waals surface area contributed by atoms with Gasteiger partial charge in [-0.1, -0.05) is 50.2 Å². The van der Waals surface area contributed by atoms with Crippen LogP contribution in [0.1, 0.15) is 64.2 Å². The van der Waals surface area contributed by atoms with Crippen LogP contribution in [0.2, 0.25) is 24.2 Å². The second-order valence-electron chi connectivity index (χ2n) is 11.1. The third kappa shape index (κ3) is 2.53. The van der Waals surface area contributed by atoms with E-state index in [1.807, 2.05) is 0 Å². The summed E-state index contributed by atoms with van der Waals surface area (Å²) in [5.74, 6) is 3.58. The first-order valence-corrected chi connectivity index (χ1v) is 15.1. The lowest BCUT2D eigenvalue weighted by atomic mass is 9.85. The summed E-state index contributed by atoms with van der Waals surface area (Å²) in [6.07, 6.45) is 25.4. The normalized spacial score (nSPS) is 42.6. The highest BCUT2D eigenvalue weighted by Gasteiger charge is 2.53. The highest BCUT2D eigenvalue weighted by Crippen LogP contribution is 2.61. The van der Waals surface area contributed by atoms with E-state index in [9.17, 15) is 0 Å². The van der Waals surface area contributed by atoms with Gasteiger partial charge in [0.15, 0.2) is 0 Å². The molecular formula is C26H36Si. The maximum absolute atomic E-state index is 2.81. The Bertz CT molecular complexity index is 712. The van der Waals surface area contributed by atoms with Gasteiger partial charge in [-0.3, -0.25) is 0 Å². The van der Waals surface area contributed by atoms with Gasteiger partial charge in [-0.05, 0) is 108 Å². The van der Waals surface area contributed by atoms with Gasteiger partial charge in [-0.25, -0.2) is 0 Å². The van der Waals surface area contributed by atoms with Crippen LogP contribution in [-0.2, 0) is 0 Å². The average molecular weight is 377 g/mol. The monoisotopic (exact) mass is 376 g/mol. The number of hydrogen-bond acceptors (Lipinski definition) is 0. The molecule has 0 spiro atoms. The molecule has 144 valence electrons. The van der Waals surface area contributed by atoms with E-state index in [0.717, 1.165) is 34.8 Å². The van der Waals surface area contributed by atoms with Crippen LogP contribution >= 0.6 is 0 Å². The van der Waals surface area contributed by atoms with Crippen molar-refractivity contribution < 1.29 is 0 Å². The van der Waals surface area contributed by atoms with Crippen LogP contribution in [0.3, 0.4) is 0 Å². The third-order valence-corrected chi connectivity index (χ3v) is 14.8. The molecular weight excluding hydrogens is 340 g/mol. The minimum Gasteiger partial charge on any atom is -0.0774 e. The van der Waals surface area contributed by atoms with Crippen LogP contribution in [0.15, 0.2) is 46.6 Å². The van der Waals surface area contributed by atoms with E-state index in [4.69, 9.17) is 0 Å². The van der Waals surface area contributed by atoms with E-state index < -0.39 is 8.07 Å². The predicted octanol–water partition coefficient (Wildman–Crippen LogP) is 7.59. The van der Waals surface area contributed by atoms with Gasteiger partial charge >= 0.3 is 0 Å². The van der Waals surface area contributed by atoms with E-state index >= 15 is 0 Å². The first kappa shape index (κ1) is 17.1. The quantitative estimate of drug-likeness (QED) is 0.435.